The first kappa shape index (κ1) is 25.5. The van der Waals surface area contributed by atoms with Crippen molar-refractivity contribution in [2.75, 3.05) is 31.7 Å². The van der Waals surface area contributed by atoms with Crippen LogP contribution in [0, 0.1) is 12.8 Å². The summed E-state index contributed by atoms with van der Waals surface area (Å²) in [7, 11) is 3.30. The predicted octanol–water partition coefficient (Wildman–Crippen LogP) is 4.71. The fourth-order valence-corrected chi connectivity index (χ4v) is 2.75. The lowest BCUT2D eigenvalue weighted by molar-refractivity contribution is 0.393. The number of methoxy groups -OCH3 is 2. The number of ether oxygens (including phenoxy) is 2. The molecule has 0 spiro atoms. The fourth-order valence-electron chi connectivity index (χ4n) is 2.36. The van der Waals surface area contributed by atoms with Gasteiger partial charge in [0.1, 0.15) is 17.2 Å². The van der Waals surface area contributed by atoms with E-state index in [0.717, 1.165) is 42.3 Å². The molecule has 28 heavy (non-hydrogen) atoms. The van der Waals surface area contributed by atoms with E-state index in [1.54, 1.807) is 20.3 Å². The molecular formula is C22H32N2O3S. The summed E-state index contributed by atoms with van der Waals surface area (Å²) in [5, 5.41) is 13.2. The van der Waals surface area contributed by atoms with Crippen molar-refractivity contribution in [3.63, 3.8) is 0 Å². The number of phenolic OH excluding ortho intramolecular Hbond substituents is 1. The minimum Gasteiger partial charge on any atom is -0.506 e. The molecule has 0 heterocycles. The molecule has 2 aromatic carbocycles. The van der Waals surface area contributed by atoms with Gasteiger partial charge in [-0.05, 0) is 48.4 Å². The summed E-state index contributed by atoms with van der Waals surface area (Å²) in [5.74, 6) is 1.85. The van der Waals surface area contributed by atoms with E-state index in [1.165, 1.54) is 17.5 Å². The largest absolute Gasteiger partial charge is 0.506 e. The molecule has 0 saturated heterocycles. The Balaban J connectivity index is 0.00000171. The summed E-state index contributed by atoms with van der Waals surface area (Å²) >= 11 is 1.46. The van der Waals surface area contributed by atoms with E-state index in [-0.39, 0.29) is 5.75 Å². The maximum absolute atomic E-state index is 9.77. The third-order valence-electron chi connectivity index (χ3n) is 3.60. The minimum absolute atomic E-state index is 0.268. The van der Waals surface area contributed by atoms with Crippen LogP contribution >= 0.6 is 11.9 Å². The summed E-state index contributed by atoms with van der Waals surface area (Å²) in [6.07, 6.45) is 10.8. The van der Waals surface area contributed by atoms with Crippen LogP contribution in [0.25, 0.3) is 0 Å². The third-order valence-corrected chi connectivity index (χ3v) is 4.03. The van der Waals surface area contributed by atoms with Gasteiger partial charge in [0.25, 0.3) is 0 Å². The number of phenols is 1. The first-order valence-corrected chi connectivity index (χ1v) is 10.3. The first-order chi connectivity index (χ1) is 13.7. The van der Waals surface area contributed by atoms with Crippen LogP contribution in [-0.4, -0.2) is 32.1 Å². The summed E-state index contributed by atoms with van der Waals surface area (Å²) in [6, 6.07) is 11.5. The topological polar surface area (TPSA) is 62.8 Å². The number of nitrogens with one attached hydrogen (secondary N) is 2. The number of terminal acetylenes is 1. The number of benzene rings is 2. The average Bonchev–Trinajstić information content (AvgIpc) is 2.76. The van der Waals surface area contributed by atoms with Gasteiger partial charge in [-0.15, -0.1) is 12.8 Å². The van der Waals surface area contributed by atoms with Crippen LogP contribution in [0.1, 0.15) is 25.0 Å². The normalized spacial score (nSPS) is 9.25. The van der Waals surface area contributed by atoms with Gasteiger partial charge in [-0.25, -0.2) is 0 Å². The van der Waals surface area contributed by atoms with Crippen molar-refractivity contribution in [2.45, 2.75) is 26.8 Å². The fraction of sp³-hybridized carbons (Fsp3) is 0.364. The van der Waals surface area contributed by atoms with Crippen LogP contribution in [0.15, 0.2) is 36.4 Å². The van der Waals surface area contributed by atoms with Crippen LogP contribution in [0.3, 0.4) is 0 Å². The number of rotatable bonds is 9. The van der Waals surface area contributed by atoms with Crippen LogP contribution < -0.4 is 19.5 Å². The average molecular weight is 405 g/mol. The van der Waals surface area contributed by atoms with Gasteiger partial charge in [0.2, 0.25) is 0 Å². The van der Waals surface area contributed by atoms with Crippen LogP contribution in [-0.2, 0) is 13.0 Å². The molecule has 0 aliphatic carbocycles. The maximum atomic E-state index is 9.77. The Labute approximate surface area is 174 Å². The summed E-state index contributed by atoms with van der Waals surface area (Å²) in [5.41, 5.74) is 3.03. The second kappa shape index (κ2) is 15.6. The van der Waals surface area contributed by atoms with E-state index in [9.17, 15) is 5.11 Å². The van der Waals surface area contributed by atoms with Gasteiger partial charge in [0.05, 0.1) is 19.9 Å². The van der Waals surface area contributed by atoms with Gasteiger partial charge in [-0.2, -0.15) is 0 Å². The van der Waals surface area contributed by atoms with Crippen molar-refractivity contribution in [2.24, 2.45) is 0 Å². The molecule has 6 heteroatoms. The Morgan fingerprint density at radius 1 is 0.964 bits per heavy atom. The Bertz CT molecular complexity index is 683. The molecule has 0 fully saturated rings. The predicted molar refractivity (Wildman–Crippen MR) is 121 cm³/mol. The van der Waals surface area contributed by atoms with Gasteiger partial charge in [-0.3, -0.25) is 0 Å². The smallest absolute Gasteiger partial charge is 0.139 e. The quantitative estimate of drug-likeness (QED) is 0.244. The van der Waals surface area contributed by atoms with E-state index < -0.39 is 0 Å². The lowest BCUT2D eigenvalue weighted by atomic mass is 10.1. The SMILES string of the molecule is C#C.CC.COc1cc(CNCCc2ccc(O)c(NSC)c2)cc(OC)c1. The number of hydrogen-bond acceptors (Lipinski definition) is 6. The summed E-state index contributed by atoms with van der Waals surface area (Å²) in [6.45, 7) is 5.57. The molecule has 0 radical (unpaired) electrons. The lowest BCUT2D eigenvalue weighted by Crippen LogP contribution is -2.16. The molecule has 5 nitrogen and oxygen atoms in total. The van der Waals surface area contributed by atoms with Gasteiger partial charge in [0, 0.05) is 18.9 Å². The molecule has 0 saturated carbocycles. The van der Waals surface area contributed by atoms with Crippen molar-refractivity contribution in [1.82, 2.24) is 5.32 Å². The van der Waals surface area contributed by atoms with Crippen molar-refractivity contribution in [1.29, 1.82) is 0 Å². The zero-order chi connectivity index (χ0) is 21.4. The van der Waals surface area contributed by atoms with Crippen LogP contribution in [0.5, 0.6) is 17.2 Å². The van der Waals surface area contributed by atoms with Crippen LogP contribution in [0.4, 0.5) is 5.69 Å². The van der Waals surface area contributed by atoms with Gasteiger partial charge >= 0.3 is 0 Å². The lowest BCUT2D eigenvalue weighted by Gasteiger charge is -2.11. The number of anilines is 1. The highest BCUT2D eigenvalue weighted by Crippen LogP contribution is 2.26. The first-order valence-electron chi connectivity index (χ1n) is 9.03. The highest BCUT2D eigenvalue weighted by molar-refractivity contribution is 7.99. The highest BCUT2D eigenvalue weighted by Gasteiger charge is 2.04. The van der Waals surface area contributed by atoms with Gasteiger partial charge in [0.15, 0.2) is 0 Å². The molecule has 0 amide bonds. The molecule has 154 valence electrons. The van der Waals surface area contributed by atoms with E-state index >= 15 is 0 Å². The molecular weight excluding hydrogens is 372 g/mol. The van der Waals surface area contributed by atoms with E-state index in [2.05, 4.69) is 22.9 Å². The Kier molecular flexibility index (Phi) is 14.2. The maximum Gasteiger partial charge on any atom is 0.139 e. The summed E-state index contributed by atoms with van der Waals surface area (Å²) < 4.78 is 13.6. The Morgan fingerprint density at radius 3 is 2.11 bits per heavy atom. The zero-order valence-electron chi connectivity index (χ0n) is 17.4. The number of hydrogen-bond donors (Lipinski definition) is 3. The molecule has 0 aliphatic rings. The molecule has 0 aliphatic heterocycles. The molecule has 2 rings (SSSR count). The van der Waals surface area contributed by atoms with Crippen molar-refractivity contribution in [3.8, 4) is 30.1 Å². The molecule has 2 aromatic rings. The second-order valence-corrected chi connectivity index (χ2v) is 5.92. The van der Waals surface area contributed by atoms with Crippen molar-refractivity contribution >= 4 is 17.6 Å². The zero-order valence-corrected chi connectivity index (χ0v) is 18.2. The standard InChI is InChI=1S/C18H24N2O3S.C2H6.C2H2/c1-22-15-8-14(9-16(11-15)23-2)12-19-7-6-13-4-5-18(21)17(10-13)20-24-3;2*1-2/h4-5,8-11,19-21H,6-7,12H2,1-3H3;1-2H3;1-2H. The monoisotopic (exact) mass is 404 g/mol. The van der Waals surface area contributed by atoms with Crippen molar-refractivity contribution in [3.05, 3.63) is 47.5 Å². The van der Waals surface area contributed by atoms with E-state index in [0.29, 0.717) is 0 Å². The summed E-state index contributed by atoms with van der Waals surface area (Å²) in [4.78, 5) is 0. The van der Waals surface area contributed by atoms with Gasteiger partial charge < -0.3 is 24.6 Å². The van der Waals surface area contributed by atoms with Crippen LogP contribution in [0.2, 0.25) is 0 Å². The van der Waals surface area contributed by atoms with Gasteiger partial charge in [-0.1, -0.05) is 31.9 Å². The molecule has 0 bridgehead atoms. The molecule has 0 aromatic heterocycles. The second-order valence-electron chi connectivity index (χ2n) is 5.31. The Morgan fingerprint density at radius 2 is 1.57 bits per heavy atom. The number of aromatic hydroxyl groups is 1. The van der Waals surface area contributed by atoms with E-state index in [1.807, 2.05) is 50.4 Å². The third kappa shape index (κ3) is 8.94. The Hall–Kier alpha value is -2.49. The molecule has 3 N–H and O–H groups in total. The molecule has 0 atom stereocenters. The van der Waals surface area contributed by atoms with E-state index in [4.69, 9.17) is 9.47 Å². The minimum atomic E-state index is 0.268. The molecule has 0 unspecified atom stereocenters. The van der Waals surface area contributed by atoms with Crippen molar-refractivity contribution < 1.29 is 14.6 Å². The highest BCUT2D eigenvalue weighted by atomic mass is 32.2.